The molecule has 3 heterocycles. The van der Waals surface area contributed by atoms with E-state index in [2.05, 4.69) is 25.6 Å². The summed E-state index contributed by atoms with van der Waals surface area (Å²) in [6.07, 6.45) is 3.22. The fraction of sp³-hybridized carbons (Fsp3) is 0.350. The van der Waals surface area contributed by atoms with E-state index in [4.69, 9.17) is 0 Å². The van der Waals surface area contributed by atoms with Crippen LogP contribution in [-0.2, 0) is 0 Å². The Morgan fingerprint density at radius 3 is 2.70 bits per heavy atom. The highest BCUT2D eigenvalue weighted by Crippen LogP contribution is 2.23. The van der Waals surface area contributed by atoms with Gasteiger partial charge in [-0.25, -0.2) is 23.1 Å². The Morgan fingerprint density at radius 2 is 1.93 bits per heavy atom. The number of nitrogens with zero attached hydrogens (tertiary/aromatic N) is 5. The molecule has 0 spiro atoms. The SMILES string of the molecule is C[C@@H](Nc1ccn2ncc(NC(=O)N3CCN(C)CC3)c2n1)c1cc(F)ccc1F. The Hall–Kier alpha value is -3.27. The molecule has 1 atom stereocenters. The lowest BCUT2D eigenvalue weighted by Gasteiger charge is -2.32. The summed E-state index contributed by atoms with van der Waals surface area (Å²) in [6, 6.07) is 4.31. The summed E-state index contributed by atoms with van der Waals surface area (Å²) < 4.78 is 29.1. The molecule has 2 amide bonds. The Bertz CT molecular complexity index is 1060. The van der Waals surface area contributed by atoms with Crippen molar-refractivity contribution in [1.82, 2.24) is 24.4 Å². The van der Waals surface area contributed by atoms with Crippen molar-refractivity contribution in [3.8, 4) is 0 Å². The van der Waals surface area contributed by atoms with E-state index in [1.54, 1.807) is 24.1 Å². The molecular weight excluding hydrogens is 392 g/mol. The number of piperazine rings is 1. The number of halogens is 2. The second kappa shape index (κ2) is 8.23. The first-order chi connectivity index (χ1) is 14.4. The number of hydrogen-bond donors (Lipinski definition) is 2. The van der Waals surface area contributed by atoms with Gasteiger partial charge in [0.05, 0.1) is 12.2 Å². The summed E-state index contributed by atoms with van der Waals surface area (Å²) in [5, 5.41) is 10.1. The van der Waals surface area contributed by atoms with Crippen LogP contribution in [0.1, 0.15) is 18.5 Å². The molecule has 0 unspecified atom stereocenters. The molecule has 8 nitrogen and oxygen atoms in total. The second-order valence-corrected chi connectivity index (χ2v) is 7.39. The van der Waals surface area contributed by atoms with Crippen molar-refractivity contribution >= 4 is 23.2 Å². The average Bonchev–Trinajstić information content (AvgIpc) is 3.12. The van der Waals surface area contributed by atoms with Gasteiger partial charge in [-0.05, 0) is 38.2 Å². The minimum Gasteiger partial charge on any atom is -0.363 e. The number of likely N-dealkylation sites (N-methyl/N-ethyl adjacent to an activating group) is 1. The normalized spacial score (nSPS) is 15.9. The predicted octanol–water partition coefficient (Wildman–Crippen LogP) is 2.96. The average molecular weight is 415 g/mol. The summed E-state index contributed by atoms with van der Waals surface area (Å²) in [7, 11) is 2.02. The van der Waals surface area contributed by atoms with Crippen LogP contribution in [0.15, 0.2) is 36.7 Å². The minimum atomic E-state index is -0.512. The van der Waals surface area contributed by atoms with E-state index in [1.807, 2.05) is 7.05 Å². The molecule has 30 heavy (non-hydrogen) atoms. The van der Waals surface area contributed by atoms with E-state index in [-0.39, 0.29) is 11.6 Å². The number of aromatic nitrogens is 3. The quantitative estimate of drug-likeness (QED) is 0.685. The molecule has 2 N–H and O–H groups in total. The molecule has 1 aromatic carbocycles. The highest BCUT2D eigenvalue weighted by molar-refractivity contribution is 5.93. The number of carbonyl (C=O) groups excluding carboxylic acids is 1. The van der Waals surface area contributed by atoms with Gasteiger partial charge in [-0.2, -0.15) is 5.10 Å². The van der Waals surface area contributed by atoms with E-state index in [1.165, 1.54) is 10.7 Å². The lowest BCUT2D eigenvalue weighted by Crippen LogP contribution is -2.48. The molecule has 10 heteroatoms. The number of hydrogen-bond acceptors (Lipinski definition) is 5. The molecule has 0 aliphatic carbocycles. The van der Waals surface area contributed by atoms with E-state index in [0.717, 1.165) is 31.3 Å². The molecule has 1 fully saturated rings. The smallest absolute Gasteiger partial charge is 0.322 e. The lowest BCUT2D eigenvalue weighted by atomic mass is 10.1. The fourth-order valence-corrected chi connectivity index (χ4v) is 3.39. The van der Waals surface area contributed by atoms with Gasteiger partial charge in [0.1, 0.15) is 23.1 Å². The van der Waals surface area contributed by atoms with Crippen molar-refractivity contribution in [3.05, 3.63) is 53.9 Å². The van der Waals surface area contributed by atoms with Crippen LogP contribution in [0.3, 0.4) is 0 Å². The predicted molar refractivity (Wildman–Crippen MR) is 109 cm³/mol. The van der Waals surface area contributed by atoms with Gasteiger partial charge in [-0.15, -0.1) is 0 Å². The Morgan fingerprint density at radius 1 is 1.17 bits per heavy atom. The zero-order valence-electron chi connectivity index (χ0n) is 16.8. The third-order valence-corrected chi connectivity index (χ3v) is 5.19. The number of nitrogens with one attached hydrogen (secondary N) is 2. The molecule has 1 aliphatic rings. The number of amides is 2. The monoisotopic (exact) mass is 415 g/mol. The number of rotatable bonds is 4. The summed E-state index contributed by atoms with van der Waals surface area (Å²) in [5.74, 6) is -0.552. The summed E-state index contributed by atoms with van der Waals surface area (Å²) in [6.45, 7) is 4.67. The second-order valence-electron chi connectivity index (χ2n) is 7.39. The van der Waals surface area contributed by atoms with Crippen LogP contribution in [0.5, 0.6) is 0 Å². The van der Waals surface area contributed by atoms with Crippen molar-refractivity contribution in [2.24, 2.45) is 0 Å². The molecule has 1 saturated heterocycles. The third-order valence-electron chi connectivity index (χ3n) is 5.19. The van der Waals surface area contributed by atoms with Crippen molar-refractivity contribution in [1.29, 1.82) is 0 Å². The molecule has 158 valence electrons. The van der Waals surface area contributed by atoms with Gasteiger partial charge in [0.15, 0.2) is 5.65 Å². The standard InChI is InChI=1S/C20H23F2N7O/c1-13(15-11-14(21)3-4-16(15)22)24-18-5-6-29-19(26-18)17(12-23-29)25-20(30)28-9-7-27(2)8-10-28/h3-6,11-13H,7-10H2,1-2H3,(H,24,26)(H,25,30)/t13-/m1/s1. The van der Waals surface area contributed by atoms with E-state index >= 15 is 0 Å². The van der Waals surface area contributed by atoms with Gasteiger partial charge in [-0.3, -0.25) is 0 Å². The Kier molecular flexibility index (Phi) is 5.49. The van der Waals surface area contributed by atoms with Gasteiger partial charge in [0.25, 0.3) is 0 Å². The van der Waals surface area contributed by atoms with Crippen LogP contribution >= 0.6 is 0 Å². The van der Waals surface area contributed by atoms with Crippen molar-refractivity contribution in [2.75, 3.05) is 43.9 Å². The van der Waals surface area contributed by atoms with E-state index in [0.29, 0.717) is 30.2 Å². The molecule has 4 rings (SSSR count). The maximum Gasteiger partial charge on any atom is 0.322 e. The van der Waals surface area contributed by atoms with Gasteiger partial charge in [0, 0.05) is 37.9 Å². The summed E-state index contributed by atoms with van der Waals surface area (Å²) >= 11 is 0. The first kappa shape index (κ1) is 20.0. The van der Waals surface area contributed by atoms with Gasteiger partial charge >= 0.3 is 6.03 Å². The van der Waals surface area contributed by atoms with Crippen molar-refractivity contribution < 1.29 is 13.6 Å². The Labute approximate surface area is 172 Å². The zero-order chi connectivity index (χ0) is 21.3. The van der Waals surface area contributed by atoms with Gasteiger partial charge in [0.2, 0.25) is 0 Å². The number of fused-ring (bicyclic) bond motifs is 1. The zero-order valence-corrected chi connectivity index (χ0v) is 16.8. The molecule has 2 aromatic heterocycles. The van der Waals surface area contributed by atoms with Gasteiger partial charge in [-0.1, -0.05) is 0 Å². The maximum atomic E-state index is 14.0. The largest absolute Gasteiger partial charge is 0.363 e. The maximum absolute atomic E-state index is 14.0. The highest BCUT2D eigenvalue weighted by atomic mass is 19.1. The van der Waals surface area contributed by atoms with Crippen molar-refractivity contribution in [2.45, 2.75) is 13.0 Å². The fourth-order valence-electron chi connectivity index (χ4n) is 3.39. The summed E-state index contributed by atoms with van der Waals surface area (Å²) in [5.41, 5.74) is 1.13. The highest BCUT2D eigenvalue weighted by Gasteiger charge is 2.20. The summed E-state index contributed by atoms with van der Waals surface area (Å²) in [4.78, 5) is 21.0. The molecule has 0 bridgehead atoms. The molecular formula is C20H23F2N7O. The van der Waals surface area contributed by atoms with E-state index < -0.39 is 17.7 Å². The number of urea groups is 1. The van der Waals surface area contributed by atoms with Crippen LogP contribution in [0.25, 0.3) is 5.65 Å². The number of anilines is 2. The minimum absolute atomic E-state index is 0.201. The Balaban J connectivity index is 1.51. The first-order valence-corrected chi connectivity index (χ1v) is 9.71. The van der Waals surface area contributed by atoms with Crippen LogP contribution in [0.4, 0.5) is 25.1 Å². The molecule has 3 aromatic rings. The van der Waals surface area contributed by atoms with Crippen LogP contribution in [0.2, 0.25) is 0 Å². The molecule has 0 radical (unpaired) electrons. The van der Waals surface area contributed by atoms with Crippen molar-refractivity contribution in [3.63, 3.8) is 0 Å². The lowest BCUT2D eigenvalue weighted by molar-refractivity contribution is 0.164. The first-order valence-electron chi connectivity index (χ1n) is 9.71. The molecule has 1 aliphatic heterocycles. The number of carbonyl (C=O) groups is 1. The van der Waals surface area contributed by atoms with Crippen LogP contribution < -0.4 is 10.6 Å². The third kappa shape index (κ3) is 4.18. The number of benzene rings is 1. The molecule has 0 saturated carbocycles. The topological polar surface area (TPSA) is 77.8 Å². The van der Waals surface area contributed by atoms with Gasteiger partial charge < -0.3 is 20.4 Å². The van der Waals surface area contributed by atoms with Crippen LogP contribution in [-0.4, -0.2) is 63.7 Å². The van der Waals surface area contributed by atoms with E-state index in [9.17, 15) is 13.6 Å². The van der Waals surface area contributed by atoms with Crippen LogP contribution in [0, 0.1) is 11.6 Å².